The zero-order valence-corrected chi connectivity index (χ0v) is 19.0. The van der Waals surface area contributed by atoms with Gasteiger partial charge in [0.1, 0.15) is 11.2 Å². The van der Waals surface area contributed by atoms with E-state index in [-0.39, 0.29) is 10.8 Å². The highest BCUT2D eigenvalue weighted by molar-refractivity contribution is 7.71. The number of aromatic nitrogens is 2. The van der Waals surface area contributed by atoms with Crippen LogP contribution >= 0.6 is 35.7 Å². The summed E-state index contributed by atoms with van der Waals surface area (Å²) in [5, 5.41) is 20.0. The van der Waals surface area contributed by atoms with Crippen molar-refractivity contribution in [3.63, 3.8) is 0 Å². The Morgan fingerprint density at radius 3 is 2.24 bits per heavy atom. The summed E-state index contributed by atoms with van der Waals surface area (Å²) in [6.45, 7) is -1.75. The van der Waals surface area contributed by atoms with Gasteiger partial charge < -0.3 is 34.5 Å². The average molecular weight is 584 g/mol. The number of halogens is 4. The van der Waals surface area contributed by atoms with Gasteiger partial charge in [-0.2, -0.15) is 21.8 Å². The van der Waals surface area contributed by atoms with E-state index in [4.69, 9.17) is 14.7 Å². The van der Waals surface area contributed by atoms with Gasteiger partial charge in [0.15, 0.2) is 17.3 Å². The first-order valence-corrected chi connectivity index (χ1v) is 12.7. The van der Waals surface area contributed by atoms with E-state index >= 15 is 0 Å². The van der Waals surface area contributed by atoms with Crippen LogP contribution in [0.15, 0.2) is 22.5 Å². The van der Waals surface area contributed by atoms with Crippen LogP contribution in [0, 0.1) is 10.5 Å². The van der Waals surface area contributed by atoms with Crippen LogP contribution in [-0.2, 0) is 31.6 Å². The fraction of sp³-hybridized carbons (Fsp3) is 0.400. The summed E-state index contributed by atoms with van der Waals surface area (Å²) in [6, 6.07) is 0. The molecule has 1 aliphatic rings. The molecule has 34 heavy (non-hydrogen) atoms. The molecule has 0 aliphatic carbocycles. The Labute approximate surface area is 188 Å². The number of rotatable bonds is 8. The molecule has 2 heterocycles. The van der Waals surface area contributed by atoms with Crippen molar-refractivity contribution in [1.29, 1.82) is 0 Å². The van der Waals surface area contributed by atoms with Crippen molar-refractivity contribution >= 4 is 35.7 Å². The molecular formula is C10H11F4N2O14P3S. The first-order chi connectivity index (χ1) is 15.1. The first-order valence-electron chi connectivity index (χ1n) is 7.77. The van der Waals surface area contributed by atoms with Crippen LogP contribution in [0.4, 0.5) is 17.6 Å². The van der Waals surface area contributed by atoms with E-state index in [1.54, 1.807) is 4.98 Å². The highest BCUT2D eigenvalue weighted by Gasteiger charge is 2.69. The van der Waals surface area contributed by atoms with Crippen LogP contribution in [0.25, 0.3) is 0 Å². The summed E-state index contributed by atoms with van der Waals surface area (Å²) < 4.78 is 102. The highest BCUT2D eigenvalue weighted by Crippen LogP contribution is 2.66. The monoisotopic (exact) mass is 584 g/mol. The van der Waals surface area contributed by atoms with Crippen LogP contribution in [0.5, 0.6) is 0 Å². The van der Waals surface area contributed by atoms with Crippen molar-refractivity contribution < 1.29 is 78.9 Å². The normalized spacial score (nSPS) is 25.0. The molecule has 0 amide bonds. The fourth-order valence-electron chi connectivity index (χ4n) is 2.32. The van der Waals surface area contributed by atoms with E-state index in [1.807, 2.05) is 0 Å². The molecule has 0 spiro atoms. The highest BCUT2D eigenvalue weighted by atomic mass is 32.1. The third-order valence-corrected chi connectivity index (χ3v) is 7.70. The lowest BCUT2D eigenvalue weighted by Crippen LogP contribution is -2.53. The third kappa shape index (κ3) is 6.20. The number of phosphoric acid groups is 3. The largest absolute Gasteiger partial charge is 0.506 e. The van der Waals surface area contributed by atoms with Gasteiger partial charge in [0, 0.05) is 0 Å². The molecule has 0 fully saturated rings. The van der Waals surface area contributed by atoms with Gasteiger partial charge in [-0.3, -0.25) is 14.1 Å². The number of hydrogen-bond donors (Lipinski definition) is 7. The summed E-state index contributed by atoms with van der Waals surface area (Å²) in [4.78, 5) is 48.8. The van der Waals surface area contributed by atoms with Gasteiger partial charge in [-0.15, -0.1) is 0 Å². The second-order valence-electron chi connectivity index (χ2n) is 6.01. The van der Waals surface area contributed by atoms with Gasteiger partial charge in [0.2, 0.25) is 6.23 Å². The Bertz CT molecular complexity index is 1270. The minimum Gasteiger partial charge on any atom is -0.506 e. The number of aliphatic hydroxyl groups is 2. The first kappa shape index (κ1) is 28.8. The maximum atomic E-state index is 13.7. The molecule has 194 valence electrons. The molecule has 16 nitrogen and oxygen atoms in total. The molecule has 2 rings (SSSR count). The van der Waals surface area contributed by atoms with Crippen molar-refractivity contribution in [2.45, 2.75) is 18.0 Å². The van der Waals surface area contributed by atoms with Crippen LogP contribution in [0.2, 0.25) is 0 Å². The number of phosphoric ester groups is 1. The Kier molecular flexibility index (Phi) is 7.78. The lowest BCUT2D eigenvalue weighted by Gasteiger charge is -2.31. The van der Waals surface area contributed by atoms with E-state index in [1.165, 1.54) is 0 Å². The van der Waals surface area contributed by atoms with Crippen molar-refractivity contribution in [2.75, 3.05) is 6.61 Å². The molecular weight excluding hydrogens is 573 g/mol. The number of hydrogen-bond acceptors (Lipinski definition) is 11. The van der Waals surface area contributed by atoms with Crippen molar-refractivity contribution in [3.05, 3.63) is 38.7 Å². The molecule has 0 aromatic carbocycles. The Morgan fingerprint density at radius 2 is 1.74 bits per heavy atom. The van der Waals surface area contributed by atoms with Gasteiger partial charge in [-0.05, 0) is 0 Å². The predicted octanol–water partition coefficient (Wildman–Crippen LogP) is 0.980. The van der Waals surface area contributed by atoms with Crippen molar-refractivity contribution in [1.82, 2.24) is 9.55 Å². The number of alkyl halides is 3. The minimum absolute atomic E-state index is 0.0844. The lowest BCUT2D eigenvalue weighted by atomic mass is 9.99. The summed E-state index contributed by atoms with van der Waals surface area (Å²) >= 11 is 4.39. The van der Waals surface area contributed by atoms with Crippen LogP contribution in [-0.4, -0.2) is 57.7 Å². The maximum absolute atomic E-state index is 13.7. The van der Waals surface area contributed by atoms with Crippen molar-refractivity contribution in [2.24, 2.45) is 0 Å². The summed E-state index contributed by atoms with van der Waals surface area (Å²) in [7, 11) is -17.6. The molecule has 0 saturated heterocycles. The summed E-state index contributed by atoms with van der Waals surface area (Å²) in [6.07, 6.45) is -8.73. The fourth-order valence-corrected chi connectivity index (χ4v) is 5.43. The zero-order chi connectivity index (χ0) is 26.5. The third-order valence-electron chi connectivity index (χ3n) is 3.62. The van der Waals surface area contributed by atoms with Gasteiger partial charge in [0.05, 0.1) is 6.20 Å². The molecule has 0 saturated carbocycles. The second-order valence-corrected chi connectivity index (χ2v) is 10.8. The molecule has 0 bridgehead atoms. The SMILES string of the molecule is O=c1[nH]c(=S)c(F)cn1[C@@H]1OC(COP(=O)(O)OP(=O)(O)OP(=O)(O)O)=C(O)C1(O)C(F)(F)F. The molecule has 7 N–H and O–H groups in total. The van der Waals surface area contributed by atoms with E-state index in [9.17, 15) is 51.2 Å². The molecule has 24 heteroatoms. The van der Waals surface area contributed by atoms with Gasteiger partial charge in [-0.1, -0.05) is 12.2 Å². The molecule has 1 aromatic rings. The molecule has 1 aromatic heterocycles. The van der Waals surface area contributed by atoms with E-state index < -0.39 is 75.7 Å². The Morgan fingerprint density at radius 1 is 1.18 bits per heavy atom. The summed E-state index contributed by atoms with van der Waals surface area (Å²) in [5.74, 6) is -5.09. The number of aliphatic hydroxyl groups excluding tert-OH is 1. The quantitative estimate of drug-likeness (QED) is 0.128. The van der Waals surface area contributed by atoms with E-state index in [0.29, 0.717) is 0 Å². The standard InChI is InChI=1S/C10H11F4N2O14P3S/c11-3-1-16(8(18)15-6(3)34)7-9(19,10(12,13)14)5(17)4(28-7)2-27-32(23,24)30-33(25,26)29-31(20,21)22/h1,7,17,19H,2H2,(H,23,24)(H,25,26)(H,15,18,34)(H2,20,21,22)/t7-,9?/m1/s1. The zero-order valence-electron chi connectivity index (χ0n) is 15.5. The Hall–Kier alpha value is -1.47. The predicted molar refractivity (Wildman–Crippen MR) is 96.4 cm³/mol. The minimum atomic E-state index is -5.99. The van der Waals surface area contributed by atoms with Crippen LogP contribution < -0.4 is 5.69 Å². The van der Waals surface area contributed by atoms with Gasteiger partial charge in [-0.25, -0.2) is 22.9 Å². The molecule has 0 radical (unpaired) electrons. The number of nitrogens with one attached hydrogen (secondary N) is 1. The van der Waals surface area contributed by atoms with Gasteiger partial charge >= 0.3 is 35.3 Å². The number of aromatic amines is 1. The van der Waals surface area contributed by atoms with Crippen LogP contribution in [0.1, 0.15) is 6.23 Å². The van der Waals surface area contributed by atoms with Gasteiger partial charge in [0.25, 0.3) is 5.60 Å². The lowest BCUT2D eigenvalue weighted by molar-refractivity contribution is -0.286. The molecule has 4 atom stereocenters. The molecule has 3 unspecified atom stereocenters. The second kappa shape index (κ2) is 9.20. The van der Waals surface area contributed by atoms with E-state index in [2.05, 4.69) is 30.1 Å². The number of ether oxygens (including phenoxy) is 1. The van der Waals surface area contributed by atoms with E-state index in [0.717, 1.165) is 0 Å². The van der Waals surface area contributed by atoms with Crippen molar-refractivity contribution in [3.8, 4) is 0 Å². The molecule has 1 aliphatic heterocycles. The maximum Gasteiger partial charge on any atom is 0.490 e. The van der Waals surface area contributed by atoms with Crippen LogP contribution in [0.3, 0.4) is 0 Å². The Balaban J connectivity index is 2.38. The smallest absolute Gasteiger partial charge is 0.490 e. The average Bonchev–Trinajstić information content (AvgIpc) is 2.85. The number of nitrogens with zero attached hydrogens (tertiary/aromatic N) is 1. The summed E-state index contributed by atoms with van der Waals surface area (Å²) in [5.41, 5.74) is -6.02. The topological polar surface area (TPSA) is 247 Å². The number of H-pyrrole nitrogens is 1.